The number of nitrogens with zero attached hydrogens (tertiary/aromatic N) is 2. The molecule has 0 aromatic heterocycles. The number of carbonyl (C=O) groups is 1. The number of aliphatic hydroxyl groups is 1. The summed E-state index contributed by atoms with van der Waals surface area (Å²) in [6.07, 6.45) is 1.57. The number of unbranched alkanes of at least 4 members (excludes halogenated alkanes) is 1. The van der Waals surface area contributed by atoms with Gasteiger partial charge in [-0.05, 0) is 31.4 Å². The van der Waals surface area contributed by atoms with Gasteiger partial charge in [-0.15, -0.1) is 0 Å². The monoisotopic (exact) mass is 347 g/mol. The molecule has 1 atom stereocenters. The summed E-state index contributed by atoms with van der Waals surface area (Å²) in [7, 11) is 0. The van der Waals surface area contributed by atoms with E-state index in [0.717, 1.165) is 12.8 Å². The lowest BCUT2D eigenvalue weighted by molar-refractivity contribution is 0.0532. The molecule has 25 heavy (non-hydrogen) atoms. The number of aliphatic hydroxyl groups excluding tert-OH is 1. The second-order valence-corrected chi connectivity index (χ2v) is 5.90. The Bertz CT molecular complexity index is 582. The number of rotatable bonds is 8. The Morgan fingerprint density at radius 3 is 2.88 bits per heavy atom. The number of nitrogens with one attached hydrogen (secondary N) is 1. The largest absolute Gasteiger partial charge is 0.490 e. The van der Waals surface area contributed by atoms with Crippen LogP contribution in [0.1, 0.15) is 24.8 Å². The third-order valence-corrected chi connectivity index (χ3v) is 3.98. The van der Waals surface area contributed by atoms with Crippen LogP contribution in [0.5, 0.6) is 5.75 Å². The summed E-state index contributed by atoms with van der Waals surface area (Å²) in [5.41, 5.74) is 0.459. The van der Waals surface area contributed by atoms with Crippen LogP contribution in [0.25, 0.3) is 0 Å². The Kier molecular flexibility index (Phi) is 8.02. The molecule has 1 aliphatic rings. The fraction of sp³-hybridized carbons (Fsp3) is 0.556. The molecule has 2 rings (SSSR count). The Morgan fingerprint density at radius 1 is 1.36 bits per heavy atom. The average molecular weight is 347 g/mol. The van der Waals surface area contributed by atoms with Gasteiger partial charge in [-0.1, -0.05) is 12.1 Å². The number of para-hydroxylation sites is 1. The predicted molar refractivity (Wildman–Crippen MR) is 92.3 cm³/mol. The summed E-state index contributed by atoms with van der Waals surface area (Å²) in [4.78, 5) is 13.6. The first kappa shape index (κ1) is 19.0. The van der Waals surface area contributed by atoms with E-state index in [1.54, 1.807) is 29.2 Å². The molecule has 0 radical (unpaired) electrons. The topological polar surface area (TPSA) is 94.8 Å². The lowest BCUT2D eigenvalue weighted by Gasteiger charge is -2.26. The summed E-state index contributed by atoms with van der Waals surface area (Å²) in [6, 6.07) is 8.96. The van der Waals surface area contributed by atoms with Crippen molar-refractivity contribution < 1.29 is 19.4 Å². The predicted octanol–water partition coefficient (Wildman–Crippen LogP) is 1.51. The number of urea groups is 1. The molecule has 1 fully saturated rings. The van der Waals surface area contributed by atoms with Crippen LogP contribution in [0, 0.1) is 11.3 Å². The number of hydrogen-bond donors (Lipinski definition) is 2. The maximum Gasteiger partial charge on any atom is 0.317 e. The molecule has 2 amide bonds. The maximum absolute atomic E-state index is 11.9. The zero-order valence-corrected chi connectivity index (χ0v) is 14.3. The molecule has 0 unspecified atom stereocenters. The van der Waals surface area contributed by atoms with Gasteiger partial charge in [0.1, 0.15) is 18.4 Å². The van der Waals surface area contributed by atoms with Crippen molar-refractivity contribution in [3.05, 3.63) is 29.8 Å². The molecule has 2 N–H and O–H groups in total. The first-order chi connectivity index (χ1) is 12.2. The van der Waals surface area contributed by atoms with Crippen molar-refractivity contribution in [3.8, 4) is 11.8 Å². The molecular weight excluding hydrogens is 322 g/mol. The van der Waals surface area contributed by atoms with E-state index in [0.29, 0.717) is 50.6 Å². The summed E-state index contributed by atoms with van der Waals surface area (Å²) in [5.74, 6) is 0.488. The normalized spacial score (nSPS) is 15.3. The van der Waals surface area contributed by atoms with Crippen LogP contribution in [0.3, 0.4) is 0 Å². The lowest BCUT2D eigenvalue weighted by atomic mass is 10.1. The summed E-state index contributed by atoms with van der Waals surface area (Å²) in [5, 5.41) is 21.8. The summed E-state index contributed by atoms with van der Waals surface area (Å²) in [6.45, 7) is 3.18. The van der Waals surface area contributed by atoms with Gasteiger partial charge in [0, 0.05) is 19.6 Å². The molecular formula is C18H25N3O4. The van der Waals surface area contributed by atoms with E-state index in [9.17, 15) is 9.90 Å². The first-order valence-electron chi connectivity index (χ1n) is 8.61. The molecule has 1 aromatic carbocycles. The van der Waals surface area contributed by atoms with Gasteiger partial charge in [-0.25, -0.2) is 4.79 Å². The van der Waals surface area contributed by atoms with Gasteiger partial charge in [0.05, 0.1) is 24.9 Å². The highest BCUT2D eigenvalue weighted by Gasteiger charge is 2.15. The van der Waals surface area contributed by atoms with Crippen LogP contribution >= 0.6 is 0 Å². The SMILES string of the molecule is N#Cc1ccccc1OC[C@@H](O)CCCCNC(=O)N1CCOCC1. The van der Waals surface area contributed by atoms with Gasteiger partial charge in [0.15, 0.2) is 0 Å². The van der Waals surface area contributed by atoms with Gasteiger partial charge < -0.3 is 24.8 Å². The van der Waals surface area contributed by atoms with Crippen LogP contribution in [-0.2, 0) is 4.74 Å². The van der Waals surface area contributed by atoms with E-state index in [4.69, 9.17) is 14.7 Å². The summed E-state index contributed by atoms with van der Waals surface area (Å²) < 4.78 is 10.7. The van der Waals surface area contributed by atoms with E-state index in [-0.39, 0.29) is 12.6 Å². The molecule has 7 nitrogen and oxygen atoms in total. The van der Waals surface area contributed by atoms with E-state index in [2.05, 4.69) is 11.4 Å². The molecule has 136 valence electrons. The Hall–Kier alpha value is -2.30. The van der Waals surface area contributed by atoms with Gasteiger partial charge in [0.25, 0.3) is 0 Å². The van der Waals surface area contributed by atoms with Crippen molar-refractivity contribution >= 4 is 6.03 Å². The van der Waals surface area contributed by atoms with Gasteiger partial charge in [-0.2, -0.15) is 5.26 Å². The fourth-order valence-electron chi connectivity index (χ4n) is 2.53. The molecule has 1 heterocycles. The maximum atomic E-state index is 11.9. The Balaban J connectivity index is 1.55. The number of morpholine rings is 1. The lowest BCUT2D eigenvalue weighted by Crippen LogP contribution is -2.46. The van der Waals surface area contributed by atoms with Crippen molar-refractivity contribution in [1.82, 2.24) is 10.2 Å². The number of ether oxygens (including phenoxy) is 2. The minimum Gasteiger partial charge on any atom is -0.490 e. The second-order valence-electron chi connectivity index (χ2n) is 5.90. The first-order valence-corrected chi connectivity index (χ1v) is 8.61. The third kappa shape index (κ3) is 6.61. The van der Waals surface area contributed by atoms with E-state index >= 15 is 0 Å². The minimum absolute atomic E-state index is 0.0553. The molecule has 1 aromatic rings. The van der Waals surface area contributed by atoms with E-state index in [1.165, 1.54) is 0 Å². The van der Waals surface area contributed by atoms with E-state index in [1.807, 2.05) is 0 Å². The number of nitriles is 1. The molecule has 1 aliphatic heterocycles. The Morgan fingerprint density at radius 2 is 2.12 bits per heavy atom. The highest BCUT2D eigenvalue weighted by Crippen LogP contribution is 2.17. The van der Waals surface area contributed by atoms with Crippen LogP contribution in [0.15, 0.2) is 24.3 Å². The Labute approximate surface area is 148 Å². The van der Waals surface area contributed by atoms with Crippen LogP contribution in [-0.4, -0.2) is 61.6 Å². The van der Waals surface area contributed by atoms with Gasteiger partial charge in [0.2, 0.25) is 0 Å². The van der Waals surface area contributed by atoms with Gasteiger partial charge >= 0.3 is 6.03 Å². The number of benzene rings is 1. The number of amides is 2. The highest BCUT2D eigenvalue weighted by atomic mass is 16.5. The zero-order valence-electron chi connectivity index (χ0n) is 14.3. The molecule has 0 spiro atoms. The quantitative estimate of drug-likeness (QED) is 0.695. The number of hydrogen-bond acceptors (Lipinski definition) is 5. The van der Waals surface area contributed by atoms with Gasteiger partial charge in [-0.3, -0.25) is 0 Å². The summed E-state index contributed by atoms with van der Waals surface area (Å²) >= 11 is 0. The fourth-order valence-corrected chi connectivity index (χ4v) is 2.53. The van der Waals surface area contributed by atoms with Crippen molar-refractivity contribution in [2.45, 2.75) is 25.4 Å². The standard InChI is InChI=1S/C18H25N3O4/c19-13-15-5-1-2-7-17(15)25-14-16(22)6-3-4-8-20-18(23)21-9-11-24-12-10-21/h1-2,5,7,16,22H,3-4,6,8-12,14H2,(H,20,23)/t16-/m0/s1. The van der Waals surface area contributed by atoms with Crippen molar-refractivity contribution in [1.29, 1.82) is 5.26 Å². The smallest absolute Gasteiger partial charge is 0.317 e. The zero-order chi connectivity index (χ0) is 17.9. The minimum atomic E-state index is -0.596. The highest BCUT2D eigenvalue weighted by molar-refractivity contribution is 5.74. The van der Waals surface area contributed by atoms with Crippen molar-refractivity contribution in [2.75, 3.05) is 39.5 Å². The van der Waals surface area contributed by atoms with Crippen LogP contribution in [0.4, 0.5) is 4.79 Å². The molecule has 0 aliphatic carbocycles. The molecule has 1 saturated heterocycles. The average Bonchev–Trinajstić information content (AvgIpc) is 2.66. The molecule has 0 bridgehead atoms. The van der Waals surface area contributed by atoms with Crippen molar-refractivity contribution in [2.24, 2.45) is 0 Å². The molecule has 0 saturated carbocycles. The van der Waals surface area contributed by atoms with Crippen LogP contribution < -0.4 is 10.1 Å². The molecule has 7 heteroatoms. The van der Waals surface area contributed by atoms with Crippen LogP contribution in [0.2, 0.25) is 0 Å². The van der Waals surface area contributed by atoms with Crippen molar-refractivity contribution in [3.63, 3.8) is 0 Å². The number of carbonyl (C=O) groups excluding carboxylic acids is 1. The van der Waals surface area contributed by atoms with E-state index < -0.39 is 6.10 Å². The third-order valence-electron chi connectivity index (χ3n) is 3.98. The second kappa shape index (κ2) is 10.5.